The quantitative estimate of drug-likeness (QED) is 0.926. The molecule has 0 aromatic heterocycles. The smallest absolute Gasteiger partial charge is 0.123 e. The van der Waals surface area contributed by atoms with Gasteiger partial charge in [-0.2, -0.15) is 0 Å². The van der Waals surface area contributed by atoms with Crippen LogP contribution in [0.25, 0.3) is 0 Å². The molecule has 0 radical (unpaired) electrons. The molecule has 1 unspecified atom stereocenters. The molecule has 0 saturated carbocycles. The molecule has 19 heavy (non-hydrogen) atoms. The van der Waals surface area contributed by atoms with Gasteiger partial charge in [-0.1, -0.05) is 22.0 Å². The van der Waals surface area contributed by atoms with Crippen molar-refractivity contribution in [2.75, 3.05) is 0 Å². The number of halogens is 2. The van der Waals surface area contributed by atoms with Crippen LogP contribution in [0.15, 0.2) is 51.8 Å². The normalized spacial score (nSPS) is 12.4. The molecule has 0 amide bonds. The van der Waals surface area contributed by atoms with Crippen molar-refractivity contribution < 1.29 is 8.60 Å². The van der Waals surface area contributed by atoms with E-state index in [1.807, 2.05) is 12.1 Å². The predicted octanol–water partition coefficient (Wildman–Crippen LogP) is 3.35. The van der Waals surface area contributed by atoms with Gasteiger partial charge < -0.3 is 5.73 Å². The molecule has 2 aromatic carbocycles. The Kier molecular flexibility index (Phi) is 4.85. The van der Waals surface area contributed by atoms with E-state index in [-0.39, 0.29) is 18.1 Å². The van der Waals surface area contributed by atoms with E-state index >= 15 is 0 Å². The highest BCUT2D eigenvalue weighted by Gasteiger charge is 2.07. The van der Waals surface area contributed by atoms with Gasteiger partial charge in [0, 0.05) is 15.9 Å². The van der Waals surface area contributed by atoms with E-state index in [1.54, 1.807) is 18.2 Å². The molecule has 2 N–H and O–H groups in total. The molecule has 0 fully saturated rings. The Labute approximate surface area is 122 Å². The van der Waals surface area contributed by atoms with E-state index < -0.39 is 10.8 Å². The number of hydrogen-bond donors (Lipinski definition) is 1. The zero-order valence-corrected chi connectivity index (χ0v) is 12.5. The van der Waals surface area contributed by atoms with Crippen LogP contribution in [-0.4, -0.2) is 4.21 Å². The number of nitrogens with two attached hydrogens (primary N) is 1. The number of benzene rings is 2. The predicted molar refractivity (Wildman–Crippen MR) is 78.5 cm³/mol. The molecule has 0 saturated heterocycles. The topological polar surface area (TPSA) is 43.1 Å². The van der Waals surface area contributed by atoms with Crippen LogP contribution in [0.4, 0.5) is 4.39 Å². The third kappa shape index (κ3) is 3.96. The maximum atomic E-state index is 13.4. The molecule has 0 bridgehead atoms. The molecule has 0 aliphatic carbocycles. The van der Waals surface area contributed by atoms with Gasteiger partial charge in [0.05, 0.1) is 16.6 Å². The highest BCUT2D eigenvalue weighted by molar-refractivity contribution is 9.10. The van der Waals surface area contributed by atoms with Crippen LogP contribution in [0.1, 0.15) is 11.1 Å². The highest BCUT2D eigenvalue weighted by Crippen LogP contribution is 2.17. The lowest BCUT2D eigenvalue weighted by molar-refractivity contribution is 0.623. The minimum Gasteiger partial charge on any atom is -0.326 e. The van der Waals surface area contributed by atoms with Gasteiger partial charge in [0.25, 0.3) is 0 Å². The molecule has 0 spiro atoms. The highest BCUT2D eigenvalue weighted by atomic mass is 79.9. The lowest BCUT2D eigenvalue weighted by atomic mass is 10.1. The molecule has 2 aromatic rings. The van der Waals surface area contributed by atoms with Crippen molar-refractivity contribution in [1.29, 1.82) is 0 Å². The average molecular weight is 342 g/mol. The Morgan fingerprint density at radius 2 is 1.74 bits per heavy atom. The fraction of sp³-hybridized carbons (Fsp3) is 0.143. The van der Waals surface area contributed by atoms with E-state index in [9.17, 15) is 8.60 Å². The summed E-state index contributed by atoms with van der Waals surface area (Å²) >= 11 is 3.33. The summed E-state index contributed by atoms with van der Waals surface area (Å²) in [5, 5.41) is 0. The van der Waals surface area contributed by atoms with Gasteiger partial charge in [0.15, 0.2) is 0 Å². The molecule has 100 valence electrons. The van der Waals surface area contributed by atoms with E-state index in [0.717, 1.165) is 9.37 Å². The minimum atomic E-state index is -1.19. The molecule has 5 heteroatoms. The maximum Gasteiger partial charge on any atom is 0.123 e. The molecular formula is C14H13BrFNOS. The van der Waals surface area contributed by atoms with Crippen molar-refractivity contribution in [3.8, 4) is 0 Å². The lowest BCUT2D eigenvalue weighted by Crippen LogP contribution is -2.01. The van der Waals surface area contributed by atoms with Crippen LogP contribution >= 0.6 is 15.9 Å². The first-order valence-electron chi connectivity index (χ1n) is 5.71. The maximum absolute atomic E-state index is 13.4. The SMILES string of the molecule is NCc1cc(F)cc(CS(=O)c2ccc(Br)cc2)c1. The van der Waals surface area contributed by atoms with Crippen LogP contribution < -0.4 is 5.73 Å². The van der Waals surface area contributed by atoms with Crippen molar-refractivity contribution >= 4 is 26.7 Å². The van der Waals surface area contributed by atoms with E-state index in [0.29, 0.717) is 11.1 Å². The summed E-state index contributed by atoms with van der Waals surface area (Å²) in [5.41, 5.74) is 6.91. The van der Waals surface area contributed by atoms with Gasteiger partial charge in [-0.25, -0.2) is 4.39 Å². The molecule has 1 atom stereocenters. The molecule has 2 nitrogen and oxygen atoms in total. The monoisotopic (exact) mass is 341 g/mol. The minimum absolute atomic E-state index is 0.273. The van der Waals surface area contributed by atoms with Crippen LogP contribution in [-0.2, 0) is 23.1 Å². The van der Waals surface area contributed by atoms with Gasteiger partial charge in [-0.15, -0.1) is 0 Å². The van der Waals surface area contributed by atoms with E-state index in [1.165, 1.54) is 12.1 Å². The fourth-order valence-corrected chi connectivity index (χ4v) is 3.08. The van der Waals surface area contributed by atoms with Gasteiger partial charge in [-0.05, 0) is 47.5 Å². The van der Waals surface area contributed by atoms with Crippen molar-refractivity contribution in [3.05, 3.63) is 63.9 Å². The Morgan fingerprint density at radius 3 is 2.37 bits per heavy atom. The molecule has 0 aliphatic heterocycles. The van der Waals surface area contributed by atoms with Gasteiger partial charge in [-0.3, -0.25) is 4.21 Å². The first kappa shape index (κ1) is 14.4. The summed E-state index contributed by atoms with van der Waals surface area (Å²) in [6.45, 7) is 0.273. The second-order valence-electron chi connectivity index (χ2n) is 4.12. The summed E-state index contributed by atoms with van der Waals surface area (Å²) in [4.78, 5) is 0.724. The molecular weight excluding hydrogens is 329 g/mol. The van der Waals surface area contributed by atoms with Crippen LogP contribution in [0.3, 0.4) is 0 Å². The Morgan fingerprint density at radius 1 is 1.11 bits per heavy atom. The zero-order chi connectivity index (χ0) is 13.8. The largest absolute Gasteiger partial charge is 0.326 e. The Bertz CT molecular complexity index is 601. The van der Waals surface area contributed by atoms with Crippen molar-refractivity contribution in [3.63, 3.8) is 0 Å². The number of hydrogen-bond acceptors (Lipinski definition) is 2. The fourth-order valence-electron chi connectivity index (χ4n) is 1.74. The summed E-state index contributed by atoms with van der Waals surface area (Å²) in [5.74, 6) is -0.0578. The molecule has 2 rings (SSSR count). The van der Waals surface area contributed by atoms with Crippen LogP contribution in [0.5, 0.6) is 0 Å². The van der Waals surface area contributed by atoms with Gasteiger partial charge >= 0.3 is 0 Å². The van der Waals surface area contributed by atoms with Gasteiger partial charge in [0.2, 0.25) is 0 Å². The van der Waals surface area contributed by atoms with Crippen LogP contribution in [0, 0.1) is 5.82 Å². The molecule has 0 heterocycles. The lowest BCUT2D eigenvalue weighted by Gasteiger charge is -2.05. The summed E-state index contributed by atoms with van der Waals surface area (Å²) in [6.07, 6.45) is 0. The first-order chi connectivity index (χ1) is 9.08. The second kappa shape index (κ2) is 6.41. The zero-order valence-electron chi connectivity index (χ0n) is 10.1. The third-order valence-corrected chi connectivity index (χ3v) is 4.55. The summed E-state index contributed by atoms with van der Waals surface area (Å²) in [6, 6.07) is 11.8. The number of rotatable bonds is 4. The van der Waals surface area contributed by atoms with Crippen molar-refractivity contribution in [1.82, 2.24) is 0 Å². The van der Waals surface area contributed by atoms with Gasteiger partial charge in [0.1, 0.15) is 5.82 Å². The summed E-state index contributed by atoms with van der Waals surface area (Å²) < 4.78 is 26.5. The van der Waals surface area contributed by atoms with Crippen molar-refractivity contribution in [2.45, 2.75) is 17.2 Å². The average Bonchev–Trinajstić information content (AvgIpc) is 2.38. The first-order valence-corrected chi connectivity index (χ1v) is 7.82. The van der Waals surface area contributed by atoms with E-state index in [4.69, 9.17) is 5.73 Å². The second-order valence-corrected chi connectivity index (χ2v) is 6.48. The molecule has 0 aliphatic rings. The standard InChI is InChI=1S/C14H13BrFNOS/c15-12-1-3-14(4-2-12)19(18)9-11-5-10(8-17)6-13(16)7-11/h1-7H,8-9,17H2. The Hall–Kier alpha value is -1.04. The van der Waals surface area contributed by atoms with Crippen LogP contribution in [0.2, 0.25) is 0 Å². The summed E-state index contributed by atoms with van der Waals surface area (Å²) in [7, 11) is -1.19. The van der Waals surface area contributed by atoms with Crippen molar-refractivity contribution in [2.24, 2.45) is 5.73 Å². The third-order valence-electron chi connectivity index (χ3n) is 2.63. The Balaban J connectivity index is 2.18. The van der Waals surface area contributed by atoms with E-state index in [2.05, 4.69) is 15.9 Å².